The summed E-state index contributed by atoms with van der Waals surface area (Å²) in [5.74, 6) is -1.06. The lowest BCUT2D eigenvalue weighted by Gasteiger charge is -2.16. The van der Waals surface area contributed by atoms with Crippen molar-refractivity contribution in [3.8, 4) is 0 Å². The minimum absolute atomic E-state index is 0.108. The molecule has 0 bridgehead atoms. The van der Waals surface area contributed by atoms with Crippen LogP contribution in [0.3, 0.4) is 0 Å². The zero-order valence-electron chi connectivity index (χ0n) is 8.59. The molecule has 0 aliphatic heterocycles. The average molecular weight is 208 g/mol. The molecule has 15 heavy (non-hydrogen) atoms. The molecule has 0 unspecified atom stereocenters. The molecular weight excluding hydrogens is 195 g/mol. The second-order valence-corrected chi connectivity index (χ2v) is 4.26. The minimum Gasteiger partial charge on any atom is -0.481 e. The fourth-order valence-electron chi connectivity index (χ4n) is 2.16. The summed E-state index contributed by atoms with van der Waals surface area (Å²) in [6, 6.07) is 4.91. The molecule has 1 aliphatic carbocycles. The van der Waals surface area contributed by atoms with Crippen molar-refractivity contribution in [2.75, 3.05) is 0 Å². The summed E-state index contributed by atoms with van der Waals surface area (Å²) in [5, 5.41) is 8.82. The summed E-state index contributed by atoms with van der Waals surface area (Å²) >= 11 is 0. The number of halogens is 1. The first-order valence-electron chi connectivity index (χ1n) is 5.02. The van der Waals surface area contributed by atoms with E-state index in [1.165, 1.54) is 6.07 Å². The third-order valence-electron chi connectivity index (χ3n) is 3.18. The molecule has 1 aromatic carbocycles. The van der Waals surface area contributed by atoms with Gasteiger partial charge in [-0.05, 0) is 37.0 Å². The van der Waals surface area contributed by atoms with E-state index in [2.05, 4.69) is 0 Å². The van der Waals surface area contributed by atoms with Gasteiger partial charge in [-0.2, -0.15) is 0 Å². The Morgan fingerprint density at radius 1 is 1.53 bits per heavy atom. The van der Waals surface area contributed by atoms with Crippen molar-refractivity contribution in [2.24, 2.45) is 0 Å². The van der Waals surface area contributed by atoms with E-state index in [9.17, 15) is 9.18 Å². The van der Waals surface area contributed by atoms with Gasteiger partial charge in [-0.15, -0.1) is 0 Å². The fraction of sp³-hybridized carbons (Fsp3) is 0.417. The predicted octanol–water partition coefficient (Wildman–Crippen LogP) is 2.64. The third-order valence-corrected chi connectivity index (χ3v) is 3.18. The van der Waals surface area contributed by atoms with Gasteiger partial charge in [-0.25, -0.2) is 4.39 Å². The molecule has 2 rings (SSSR count). The minimum atomic E-state index is -0.809. The van der Waals surface area contributed by atoms with Crippen LogP contribution in [0, 0.1) is 12.7 Å². The highest BCUT2D eigenvalue weighted by molar-refractivity contribution is 5.70. The molecule has 0 radical (unpaired) electrons. The third kappa shape index (κ3) is 1.74. The van der Waals surface area contributed by atoms with E-state index in [4.69, 9.17) is 5.11 Å². The van der Waals surface area contributed by atoms with E-state index < -0.39 is 5.97 Å². The van der Waals surface area contributed by atoms with Crippen LogP contribution in [0.4, 0.5) is 4.39 Å². The molecule has 1 saturated carbocycles. The second kappa shape index (κ2) is 3.33. The number of benzene rings is 1. The molecule has 0 heterocycles. The molecule has 2 nitrogen and oxygen atoms in total. The van der Waals surface area contributed by atoms with Gasteiger partial charge in [0.05, 0.1) is 6.42 Å². The van der Waals surface area contributed by atoms with E-state index in [1.807, 2.05) is 6.07 Å². The van der Waals surface area contributed by atoms with Crippen LogP contribution >= 0.6 is 0 Å². The molecule has 1 N–H and O–H groups in total. The lowest BCUT2D eigenvalue weighted by Crippen LogP contribution is -2.14. The van der Waals surface area contributed by atoms with Gasteiger partial charge in [0.15, 0.2) is 0 Å². The van der Waals surface area contributed by atoms with E-state index in [1.54, 1.807) is 13.0 Å². The summed E-state index contributed by atoms with van der Waals surface area (Å²) in [4.78, 5) is 10.7. The standard InChI is InChI=1S/C12H13FO2/c1-8-9(3-2-4-10(8)13)12(5-6-12)7-11(14)15/h2-4H,5-7H2,1H3,(H,14,15). The number of carboxylic acid groups (broad SMARTS) is 1. The number of hydrogen-bond donors (Lipinski definition) is 1. The average Bonchev–Trinajstić information content (AvgIpc) is 2.89. The van der Waals surface area contributed by atoms with Gasteiger partial charge < -0.3 is 5.11 Å². The van der Waals surface area contributed by atoms with Crippen molar-refractivity contribution >= 4 is 5.97 Å². The van der Waals surface area contributed by atoms with Crippen molar-refractivity contribution in [3.05, 3.63) is 35.1 Å². The Labute approximate surface area is 87.7 Å². The topological polar surface area (TPSA) is 37.3 Å². The number of carbonyl (C=O) groups is 1. The highest BCUT2D eigenvalue weighted by Gasteiger charge is 2.46. The van der Waals surface area contributed by atoms with Gasteiger partial charge in [0.1, 0.15) is 5.82 Å². The largest absolute Gasteiger partial charge is 0.481 e. The van der Waals surface area contributed by atoms with Crippen LogP contribution in [0.2, 0.25) is 0 Å². The number of hydrogen-bond acceptors (Lipinski definition) is 1. The summed E-state index contributed by atoms with van der Waals surface area (Å²) < 4.78 is 13.3. The molecule has 1 fully saturated rings. The Bertz CT molecular complexity index is 408. The van der Waals surface area contributed by atoms with Gasteiger partial charge in [-0.3, -0.25) is 4.79 Å². The Hall–Kier alpha value is -1.38. The molecule has 0 atom stereocenters. The highest BCUT2D eigenvalue weighted by Crippen LogP contribution is 2.52. The van der Waals surface area contributed by atoms with Crippen molar-refractivity contribution in [3.63, 3.8) is 0 Å². The van der Waals surface area contributed by atoms with Crippen molar-refractivity contribution in [1.29, 1.82) is 0 Å². The summed E-state index contributed by atoms with van der Waals surface area (Å²) in [6.45, 7) is 1.71. The molecule has 3 heteroatoms. The van der Waals surface area contributed by atoms with E-state index in [-0.39, 0.29) is 17.7 Å². The quantitative estimate of drug-likeness (QED) is 0.829. The molecule has 1 aromatic rings. The molecule has 0 spiro atoms. The Morgan fingerprint density at radius 3 is 2.73 bits per heavy atom. The smallest absolute Gasteiger partial charge is 0.304 e. The van der Waals surface area contributed by atoms with Gasteiger partial charge in [0.2, 0.25) is 0 Å². The van der Waals surface area contributed by atoms with Crippen LogP contribution in [0.1, 0.15) is 30.4 Å². The van der Waals surface area contributed by atoms with Crippen LogP contribution < -0.4 is 0 Å². The summed E-state index contributed by atoms with van der Waals surface area (Å²) in [7, 11) is 0. The van der Waals surface area contributed by atoms with Crippen LogP contribution in [0.25, 0.3) is 0 Å². The maximum absolute atomic E-state index is 13.3. The molecule has 1 aliphatic rings. The van der Waals surface area contributed by atoms with Crippen LogP contribution in [0.15, 0.2) is 18.2 Å². The van der Waals surface area contributed by atoms with E-state index >= 15 is 0 Å². The highest BCUT2D eigenvalue weighted by atomic mass is 19.1. The monoisotopic (exact) mass is 208 g/mol. The Balaban J connectivity index is 2.37. The maximum Gasteiger partial charge on any atom is 0.304 e. The van der Waals surface area contributed by atoms with Crippen molar-refractivity contribution in [1.82, 2.24) is 0 Å². The summed E-state index contributed by atoms with van der Waals surface area (Å²) in [6.07, 6.45) is 1.81. The number of carboxylic acids is 1. The first kappa shape index (κ1) is 10.1. The van der Waals surface area contributed by atoms with Crippen LogP contribution in [0.5, 0.6) is 0 Å². The zero-order valence-corrected chi connectivity index (χ0v) is 8.59. The van der Waals surface area contributed by atoms with Crippen molar-refractivity contribution < 1.29 is 14.3 Å². The molecule has 80 valence electrons. The Morgan fingerprint density at radius 2 is 2.20 bits per heavy atom. The van der Waals surface area contributed by atoms with Crippen LogP contribution in [-0.2, 0) is 10.2 Å². The molecule has 0 saturated heterocycles. The van der Waals surface area contributed by atoms with Gasteiger partial charge >= 0.3 is 5.97 Å². The van der Waals surface area contributed by atoms with Gasteiger partial charge in [0, 0.05) is 5.41 Å². The van der Waals surface area contributed by atoms with E-state index in [0.717, 1.165) is 18.4 Å². The maximum atomic E-state index is 13.3. The Kier molecular flexibility index (Phi) is 2.25. The lowest BCUT2D eigenvalue weighted by molar-refractivity contribution is -0.137. The summed E-state index contributed by atoms with van der Waals surface area (Å²) in [5.41, 5.74) is 1.17. The fourth-order valence-corrected chi connectivity index (χ4v) is 2.16. The first-order chi connectivity index (χ1) is 7.05. The first-order valence-corrected chi connectivity index (χ1v) is 5.02. The molecule has 0 amide bonds. The van der Waals surface area contributed by atoms with Gasteiger partial charge in [-0.1, -0.05) is 12.1 Å². The number of rotatable bonds is 3. The van der Waals surface area contributed by atoms with Gasteiger partial charge in [0.25, 0.3) is 0 Å². The zero-order chi connectivity index (χ0) is 11.1. The van der Waals surface area contributed by atoms with Crippen LogP contribution in [-0.4, -0.2) is 11.1 Å². The second-order valence-electron chi connectivity index (χ2n) is 4.26. The molecular formula is C12H13FO2. The molecule has 0 aromatic heterocycles. The SMILES string of the molecule is Cc1c(F)cccc1C1(CC(=O)O)CC1. The van der Waals surface area contributed by atoms with E-state index in [0.29, 0.717) is 5.56 Å². The van der Waals surface area contributed by atoms with Crippen molar-refractivity contribution in [2.45, 2.75) is 31.6 Å². The lowest BCUT2D eigenvalue weighted by atomic mass is 9.89. The normalized spacial score (nSPS) is 17.5. The number of aliphatic carboxylic acids is 1. The predicted molar refractivity (Wildman–Crippen MR) is 54.3 cm³/mol.